The number of piperidine rings is 1. The molecule has 2 N–H and O–H groups in total. The zero-order valence-corrected chi connectivity index (χ0v) is 20.1. The predicted molar refractivity (Wildman–Crippen MR) is 134 cm³/mol. The molecule has 0 aliphatic carbocycles. The molecule has 0 unspecified atom stereocenters. The van der Waals surface area contributed by atoms with E-state index < -0.39 is 0 Å². The van der Waals surface area contributed by atoms with Crippen LogP contribution in [0.4, 0.5) is 16.2 Å². The first-order chi connectivity index (χ1) is 16.1. The summed E-state index contributed by atoms with van der Waals surface area (Å²) >= 11 is 1.66. The SMILES string of the molecule is CC1CCN(CCCNC(=O)Cc2ccc(NC(=O)N3CCSc4ncccc43)cc2)CC1. The van der Waals surface area contributed by atoms with E-state index in [-0.39, 0.29) is 11.9 Å². The van der Waals surface area contributed by atoms with E-state index in [1.165, 1.54) is 25.9 Å². The van der Waals surface area contributed by atoms with Gasteiger partial charge in [-0.05, 0) is 74.6 Å². The van der Waals surface area contributed by atoms with Crippen molar-refractivity contribution in [2.24, 2.45) is 5.92 Å². The van der Waals surface area contributed by atoms with Crippen molar-refractivity contribution in [3.63, 3.8) is 0 Å². The van der Waals surface area contributed by atoms with Crippen LogP contribution in [0.25, 0.3) is 0 Å². The number of aromatic nitrogens is 1. The number of thioether (sulfide) groups is 1. The standard InChI is InChI=1S/C25H33N5O2S/c1-19-9-14-29(15-10-19)13-3-12-26-23(31)18-20-5-7-21(8-6-20)28-25(32)30-16-17-33-24-22(30)4-2-11-27-24/h2,4-8,11,19H,3,9-10,12-18H2,1H3,(H,26,31)(H,28,32). The number of carbonyl (C=O) groups excluding carboxylic acids is 2. The third-order valence-electron chi connectivity index (χ3n) is 6.26. The summed E-state index contributed by atoms with van der Waals surface area (Å²) in [5, 5.41) is 6.86. The van der Waals surface area contributed by atoms with Crippen LogP contribution >= 0.6 is 11.8 Å². The van der Waals surface area contributed by atoms with Crippen molar-refractivity contribution in [1.29, 1.82) is 0 Å². The summed E-state index contributed by atoms with van der Waals surface area (Å²) in [6, 6.07) is 11.1. The van der Waals surface area contributed by atoms with Gasteiger partial charge in [-0.25, -0.2) is 9.78 Å². The summed E-state index contributed by atoms with van der Waals surface area (Å²) in [5.74, 6) is 1.70. The molecular formula is C25H33N5O2S. The number of nitrogens with one attached hydrogen (secondary N) is 2. The van der Waals surface area contributed by atoms with Crippen molar-refractivity contribution in [3.8, 4) is 0 Å². The molecule has 3 heterocycles. The molecule has 1 saturated heterocycles. The van der Waals surface area contributed by atoms with Gasteiger partial charge in [-0.15, -0.1) is 11.8 Å². The second-order valence-electron chi connectivity index (χ2n) is 8.86. The van der Waals surface area contributed by atoms with E-state index in [1.54, 1.807) is 22.9 Å². The van der Waals surface area contributed by atoms with E-state index in [4.69, 9.17) is 0 Å². The van der Waals surface area contributed by atoms with Crippen LogP contribution in [0.5, 0.6) is 0 Å². The molecule has 2 aliphatic heterocycles. The minimum absolute atomic E-state index is 0.0361. The fourth-order valence-electron chi connectivity index (χ4n) is 4.22. The minimum atomic E-state index is -0.168. The largest absolute Gasteiger partial charge is 0.356 e. The van der Waals surface area contributed by atoms with Crippen molar-refractivity contribution in [1.82, 2.24) is 15.2 Å². The zero-order valence-electron chi connectivity index (χ0n) is 19.3. The summed E-state index contributed by atoms with van der Waals surface area (Å²) in [6.45, 7) is 7.09. The second-order valence-corrected chi connectivity index (χ2v) is 9.94. The zero-order chi connectivity index (χ0) is 23.0. The highest BCUT2D eigenvalue weighted by molar-refractivity contribution is 7.99. The highest BCUT2D eigenvalue weighted by Gasteiger charge is 2.23. The molecule has 1 aromatic heterocycles. The number of pyridine rings is 1. The van der Waals surface area contributed by atoms with Gasteiger partial charge in [-0.3, -0.25) is 9.69 Å². The molecular weight excluding hydrogens is 434 g/mol. The number of nitrogens with zero attached hydrogens (tertiary/aromatic N) is 3. The van der Waals surface area contributed by atoms with Gasteiger partial charge in [0.2, 0.25) is 5.91 Å². The lowest BCUT2D eigenvalue weighted by molar-refractivity contribution is -0.120. The molecule has 0 bridgehead atoms. The van der Waals surface area contributed by atoms with Gasteiger partial charge >= 0.3 is 6.03 Å². The number of rotatable bonds is 7. The first-order valence-electron chi connectivity index (χ1n) is 11.8. The number of likely N-dealkylation sites (tertiary alicyclic amines) is 1. The number of urea groups is 1. The number of hydrogen-bond acceptors (Lipinski definition) is 5. The topological polar surface area (TPSA) is 77.6 Å². The van der Waals surface area contributed by atoms with Gasteiger partial charge in [0.25, 0.3) is 0 Å². The molecule has 8 heteroatoms. The van der Waals surface area contributed by atoms with Gasteiger partial charge < -0.3 is 15.5 Å². The van der Waals surface area contributed by atoms with Crippen LogP contribution < -0.4 is 15.5 Å². The van der Waals surface area contributed by atoms with Crippen LogP contribution in [0.15, 0.2) is 47.6 Å². The predicted octanol–water partition coefficient (Wildman–Crippen LogP) is 4.01. The smallest absolute Gasteiger partial charge is 0.326 e. The lowest BCUT2D eigenvalue weighted by atomic mass is 9.99. The number of amides is 3. The van der Waals surface area contributed by atoms with Crippen molar-refractivity contribution in [2.45, 2.75) is 37.6 Å². The number of fused-ring (bicyclic) bond motifs is 1. The summed E-state index contributed by atoms with van der Waals surface area (Å²) in [6.07, 6.45) is 5.64. The third kappa shape index (κ3) is 6.71. The Morgan fingerprint density at radius 2 is 1.91 bits per heavy atom. The molecule has 0 radical (unpaired) electrons. The van der Waals surface area contributed by atoms with Gasteiger partial charge in [0, 0.05) is 30.7 Å². The van der Waals surface area contributed by atoms with Crippen molar-refractivity contribution >= 4 is 35.1 Å². The molecule has 176 valence electrons. The number of carbonyl (C=O) groups is 2. The van der Waals surface area contributed by atoms with E-state index in [0.29, 0.717) is 25.2 Å². The average Bonchev–Trinajstić information content (AvgIpc) is 2.84. The van der Waals surface area contributed by atoms with E-state index >= 15 is 0 Å². The number of benzene rings is 1. The van der Waals surface area contributed by atoms with E-state index in [1.807, 2.05) is 36.4 Å². The molecule has 3 amide bonds. The van der Waals surface area contributed by atoms with Crippen LogP contribution in [-0.4, -0.2) is 60.3 Å². The summed E-state index contributed by atoms with van der Waals surface area (Å²) in [7, 11) is 0. The van der Waals surface area contributed by atoms with Crippen LogP contribution in [0.1, 0.15) is 31.7 Å². The second kappa shape index (κ2) is 11.5. The lowest BCUT2D eigenvalue weighted by Crippen LogP contribution is -2.38. The molecule has 1 aromatic carbocycles. The summed E-state index contributed by atoms with van der Waals surface area (Å²) in [4.78, 5) is 33.6. The molecule has 0 spiro atoms. The van der Waals surface area contributed by atoms with Gasteiger partial charge in [-0.2, -0.15) is 0 Å². The quantitative estimate of drug-likeness (QED) is 0.602. The van der Waals surface area contributed by atoms with E-state index in [2.05, 4.69) is 27.4 Å². The highest BCUT2D eigenvalue weighted by atomic mass is 32.2. The molecule has 0 atom stereocenters. The molecule has 33 heavy (non-hydrogen) atoms. The maximum atomic E-state index is 12.8. The normalized spacial score (nSPS) is 16.8. The Morgan fingerprint density at radius 3 is 2.70 bits per heavy atom. The molecule has 4 rings (SSSR count). The molecule has 0 saturated carbocycles. The first kappa shape index (κ1) is 23.6. The Bertz CT molecular complexity index is 944. The number of anilines is 2. The van der Waals surface area contributed by atoms with Gasteiger partial charge in [-0.1, -0.05) is 19.1 Å². The van der Waals surface area contributed by atoms with Gasteiger partial charge in [0.05, 0.1) is 12.1 Å². The maximum absolute atomic E-state index is 12.8. The third-order valence-corrected chi connectivity index (χ3v) is 7.23. The van der Waals surface area contributed by atoms with Crippen molar-refractivity contribution in [3.05, 3.63) is 48.2 Å². The van der Waals surface area contributed by atoms with Crippen molar-refractivity contribution < 1.29 is 9.59 Å². The Hall–Kier alpha value is -2.58. The van der Waals surface area contributed by atoms with Crippen molar-refractivity contribution in [2.75, 3.05) is 48.7 Å². The highest BCUT2D eigenvalue weighted by Crippen LogP contribution is 2.32. The first-order valence-corrected chi connectivity index (χ1v) is 12.8. The fourth-order valence-corrected chi connectivity index (χ4v) is 5.15. The Labute approximate surface area is 200 Å². The van der Waals surface area contributed by atoms with E-state index in [0.717, 1.165) is 40.9 Å². The Kier molecular flexibility index (Phi) is 8.23. The summed E-state index contributed by atoms with van der Waals surface area (Å²) < 4.78 is 0. The Balaban J connectivity index is 1.19. The van der Waals surface area contributed by atoms with Crippen LogP contribution in [0.3, 0.4) is 0 Å². The lowest BCUT2D eigenvalue weighted by Gasteiger charge is -2.30. The maximum Gasteiger partial charge on any atom is 0.326 e. The monoisotopic (exact) mass is 467 g/mol. The minimum Gasteiger partial charge on any atom is -0.356 e. The molecule has 1 fully saturated rings. The summed E-state index contributed by atoms with van der Waals surface area (Å²) in [5.41, 5.74) is 2.48. The van der Waals surface area contributed by atoms with Gasteiger partial charge in [0.1, 0.15) is 5.03 Å². The van der Waals surface area contributed by atoms with Crippen LogP contribution in [-0.2, 0) is 11.2 Å². The molecule has 2 aliphatic rings. The van der Waals surface area contributed by atoms with Gasteiger partial charge in [0.15, 0.2) is 0 Å². The fraction of sp³-hybridized carbons (Fsp3) is 0.480. The molecule has 7 nitrogen and oxygen atoms in total. The van der Waals surface area contributed by atoms with Crippen LogP contribution in [0, 0.1) is 5.92 Å². The van der Waals surface area contributed by atoms with E-state index in [9.17, 15) is 9.59 Å². The average molecular weight is 468 g/mol. The molecule has 2 aromatic rings. The number of hydrogen-bond donors (Lipinski definition) is 2. The van der Waals surface area contributed by atoms with Crippen LogP contribution in [0.2, 0.25) is 0 Å². The Morgan fingerprint density at radius 1 is 1.12 bits per heavy atom.